The van der Waals surface area contributed by atoms with E-state index >= 15 is 0 Å². The smallest absolute Gasteiger partial charge is 0.358 e. The Bertz CT molecular complexity index is 501. The molecule has 4 atom stereocenters. The fraction of sp³-hybridized carbons (Fsp3) is 1.00. The normalized spacial score (nSPS) is 41.0. The van der Waals surface area contributed by atoms with Crippen molar-refractivity contribution in [3.8, 4) is 0 Å². The lowest BCUT2D eigenvalue weighted by Crippen LogP contribution is -2.50. The van der Waals surface area contributed by atoms with Crippen molar-refractivity contribution in [1.29, 1.82) is 0 Å². The molecule has 176 valence electrons. The minimum Gasteiger partial charge on any atom is -0.375 e. The maximum atomic E-state index is 14.8. The first-order valence-electron chi connectivity index (χ1n) is 12.3. The SMILES string of the molecule is CCCC1CCC(C2CCC(C(F)(F)OC3CCC(OCC)C(F)C3F)CC2)CC1. The molecule has 0 radical (unpaired) electrons. The van der Waals surface area contributed by atoms with Crippen LogP contribution in [0, 0.1) is 23.7 Å². The number of hydrogen-bond acceptors (Lipinski definition) is 2. The molecule has 4 unspecified atom stereocenters. The largest absolute Gasteiger partial charge is 0.375 e. The van der Waals surface area contributed by atoms with Crippen molar-refractivity contribution < 1.29 is 27.0 Å². The van der Waals surface area contributed by atoms with Crippen molar-refractivity contribution in [3.63, 3.8) is 0 Å². The molecule has 0 aliphatic heterocycles. The van der Waals surface area contributed by atoms with Crippen molar-refractivity contribution in [2.24, 2.45) is 23.7 Å². The van der Waals surface area contributed by atoms with Crippen LogP contribution in [0.4, 0.5) is 17.6 Å². The fourth-order valence-electron chi connectivity index (χ4n) is 6.15. The summed E-state index contributed by atoms with van der Waals surface area (Å²) in [5, 5.41) is 0. The summed E-state index contributed by atoms with van der Waals surface area (Å²) in [7, 11) is 0. The lowest BCUT2D eigenvalue weighted by Gasteiger charge is -2.41. The number of halogens is 4. The zero-order chi connectivity index (χ0) is 21.7. The van der Waals surface area contributed by atoms with E-state index in [9.17, 15) is 17.6 Å². The summed E-state index contributed by atoms with van der Waals surface area (Å²) < 4.78 is 68.3. The van der Waals surface area contributed by atoms with Crippen LogP contribution in [0.1, 0.15) is 90.9 Å². The van der Waals surface area contributed by atoms with E-state index in [0.717, 1.165) is 18.8 Å². The van der Waals surface area contributed by atoms with Crippen LogP contribution >= 0.6 is 0 Å². The van der Waals surface area contributed by atoms with E-state index in [1.54, 1.807) is 6.92 Å². The van der Waals surface area contributed by atoms with Gasteiger partial charge in [-0.05, 0) is 76.0 Å². The minimum absolute atomic E-state index is 0.0676. The second kappa shape index (κ2) is 11.0. The summed E-state index contributed by atoms with van der Waals surface area (Å²) in [6.45, 7) is 4.23. The Hall–Kier alpha value is -0.360. The number of ether oxygens (including phenoxy) is 2. The molecule has 3 rings (SSSR count). The summed E-state index contributed by atoms with van der Waals surface area (Å²) in [6.07, 6.45) is 0.684. The van der Waals surface area contributed by atoms with Gasteiger partial charge < -0.3 is 9.47 Å². The molecular formula is C24H40F4O2. The highest BCUT2D eigenvalue weighted by molar-refractivity contribution is 4.91. The first kappa shape index (κ1) is 24.3. The molecule has 0 heterocycles. The van der Waals surface area contributed by atoms with Gasteiger partial charge in [0.2, 0.25) is 0 Å². The third-order valence-corrected chi connectivity index (χ3v) is 7.94. The lowest BCUT2D eigenvalue weighted by molar-refractivity contribution is -0.314. The van der Waals surface area contributed by atoms with Gasteiger partial charge in [-0.3, -0.25) is 0 Å². The topological polar surface area (TPSA) is 18.5 Å². The van der Waals surface area contributed by atoms with Gasteiger partial charge in [0, 0.05) is 6.61 Å². The van der Waals surface area contributed by atoms with Crippen LogP contribution in [0.5, 0.6) is 0 Å². The zero-order valence-electron chi connectivity index (χ0n) is 18.6. The molecule has 30 heavy (non-hydrogen) atoms. The van der Waals surface area contributed by atoms with Crippen LogP contribution in [-0.4, -0.2) is 37.3 Å². The van der Waals surface area contributed by atoms with Gasteiger partial charge >= 0.3 is 6.11 Å². The predicted molar refractivity (Wildman–Crippen MR) is 110 cm³/mol. The highest BCUT2D eigenvalue weighted by Crippen LogP contribution is 2.46. The molecule has 0 N–H and O–H groups in total. The van der Waals surface area contributed by atoms with Gasteiger partial charge in [0.05, 0.1) is 18.1 Å². The van der Waals surface area contributed by atoms with Crippen molar-refractivity contribution in [1.82, 2.24) is 0 Å². The Morgan fingerprint density at radius 2 is 1.27 bits per heavy atom. The summed E-state index contributed by atoms with van der Waals surface area (Å²) in [5.74, 6) is 1.17. The lowest BCUT2D eigenvalue weighted by atomic mass is 9.68. The van der Waals surface area contributed by atoms with Crippen molar-refractivity contribution in [2.45, 2.75) is 122 Å². The maximum absolute atomic E-state index is 14.8. The van der Waals surface area contributed by atoms with Crippen molar-refractivity contribution in [2.75, 3.05) is 6.61 Å². The Kier molecular flexibility index (Phi) is 8.89. The molecule has 0 spiro atoms. The Labute approximate surface area is 179 Å². The Balaban J connectivity index is 1.45. The molecule has 0 aromatic rings. The number of alkyl halides is 4. The summed E-state index contributed by atoms with van der Waals surface area (Å²) in [6, 6.07) is 0. The van der Waals surface area contributed by atoms with E-state index in [4.69, 9.17) is 9.47 Å². The molecule has 3 aliphatic rings. The summed E-state index contributed by atoms with van der Waals surface area (Å²) >= 11 is 0. The molecule has 0 bridgehead atoms. The first-order valence-corrected chi connectivity index (χ1v) is 12.3. The highest BCUT2D eigenvalue weighted by Gasteiger charge is 2.50. The molecule has 0 saturated heterocycles. The third kappa shape index (κ3) is 5.90. The van der Waals surface area contributed by atoms with Crippen LogP contribution in [0.15, 0.2) is 0 Å². The second-order valence-corrected chi connectivity index (χ2v) is 9.86. The summed E-state index contributed by atoms with van der Waals surface area (Å²) in [5.41, 5.74) is 0. The third-order valence-electron chi connectivity index (χ3n) is 7.94. The van der Waals surface area contributed by atoms with Crippen LogP contribution in [0.2, 0.25) is 0 Å². The van der Waals surface area contributed by atoms with Gasteiger partial charge in [-0.1, -0.05) is 32.6 Å². The van der Waals surface area contributed by atoms with E-state index in [1.807, 2.05) is 0 Å². The second-order valence-electron chi connectivity index (χ2n) is 9.86. The molecule has 3 saturated carbocycles. The fourth-order valence-corrected chi connectivity index (χ4v) is 6.15. The molecule has 0 amide bonds. The molecule has 3 fully saturated rings. The van der Waals surface area contributed by atoms with Gasteiger partial charge in [-0.25, -0.2) is 8.78 Å². The highest BCUT2D eigenvalue weighted by atomic mass is 19.3. The van der Waals surface area contributed by atoms with E-state index in [0.29, 0.717) is 24.7 Å². The van der Waals surface area contributed by atoms with Gasteiger partial charge in [0.15, 0.2) is 12.3 Å². The summed E-state index contributed by atoms with van der Waals surface area (Å²) in [4.78, 5) is 0. The van der Waals surface area contributed by atoms with Gasteiger partial charge in [-0.2, -0.15) is 8.78 Å². The van der Waals surface area contributed by atoms with Gasteiger partial charge in [-0.15, -0.1) is 0 Å². The van der Waals surface area contributed by atoms with Crippen LogP contribution in [0.3, 0.4) is 0 Å². The molecule has 0 aromatic heterocycles. The predicted octanol–water partition coefficient (Wildman–Crippen LogP) is 7.25. The van der Waals surface area contributed by atoms with E-state index in [1.165, 1.54) is 38.5 Å². The minimum atomic E-state index is -3.39. The average Bonchev–Trinajstić information content (AvgIpc) is 2.74. The number of rotatable bonds is 8. The monoisotopic (exact) mass is 436 g/mol. The molecule has 6 heteroatoms. The average molecular weight is 437 g/mol. The zero-order valence-corrected chi connectivity index (χ0v) is 18.6. The van der Waals surface area contributed by atoms with Crippen LogP contribution in [-0.2, 0) is 9.47 Å². The standard InChI is InChI=1S/C24H40F4O2/c1-3-5-16-6-8-17(9-7-16)18-10-12-19(13-11-18)24(27,28)30-21-15-14-20(29-4-2)22(25)23(21)26/h16-23H,3-15H2,1-2H3. The first-order chi connectivity index (χ1) is 14.4. The molecule has 0 aromatic carbocycles. The van der Waals surface area contributed by atoms with E-state index in [-0.39, 0.29) is 19.4 Å². The molecular weight excluding hydrogens is 396 g/mol. The van der Waals surface area contributed by atoms with E-state index < -0.39 is 36.6 Å². The molecule has 3 aliphatic carbocycles. The molecule has 2 nitrogen and oxygen atoms in total. The Morgan fingerprint density at radius 1 is 0.733 bits per heavy atom. The maximum Gasteiger partial charge on any atom is 0.358 e. The quantitative estimate of drug-likeness (QED) is 0.373. The Morgan fingerprint density at radius 3 is 1.83 bits per heavy atom. The number of hydrogen-bond donors (Lipinski definition) is 0. The van der Waals surface area contributed by atoms with E-state index in [2.05, 4.69) is 6.92 Å². The van der Waals surface area contributed by atoms with Crippen molar-refractivity contribution in [3.05, 3.63) is 0 Å². The van der Waals surface area contributed by atoms with Gasteiger partial charge in [0.1, 0.15) is 0 Å². The van der Waals surface area contributed by atoms with Gasteiger partial charge in [0.25, 0.3) is 0 Å². The van der Waals surface area contributed by atoms with Crippen molar-refractivity contribution >= 4 is 0 Å². The van der Waals surface area contributed by atoms with Crippen LogP contribution in [0.25, 0.3) is 0 Å². The van der Waals surface area contributed by atoms with Crippen LogP contribution < -0.4 is 0 Å².